The van der Waals surface area contributed by atoms with Gasteiger partial charge in [0.25, 0.3) is 5.91 Å². The number of hydrogen-bond donors (Lipinski definition) is 2. The van der Waals surface area contributed by atoms with Crippen LogP contribution in [0.4, 0.5) is 5.69 Å². The third-order valence-corrected chi connectivity index (χ3v) is 4.89. The Morgan fingerprint density at radius 1 is 1.14 bits per heavy atom. The van der Waals surface area contributed by atoms with Gasteiger partial charge in [-0.1, -0.05) is 18.2 Å². The number of sulfone groups is 1. The Morgan fingerprint density at radius 2 is 1.93 bits per heavy atom. The molecular formula is C20H17N3O5S. The molecule has 0 spiro atoms. The lowest BCUT2D eigenvalue weighted by Gasteiger charge is -2.10. The molecule has 0 aliphatic rings. The summed E-state index contributed by atoms with van der Waals surface area (Å²) in [5.41, 5.74) is 1.05. The number of anilines is 1. The molecule has 148 valence electrons. The Bertz CT molecular complexity index is 1170. The number of nitrogens with zero attached hydrogens (tertiary/aromatic N) is 1. The normalized spacial score (nSPS) is 11.3. The lowest BCUT2D eigenvalue weighted by molar-refractivity contribution is -0.128. The summed E-state index contributed by atoms with van der Waals surface area (Å²) < 4.78 is 28.6. The van der Waals surface area contributed by atoms with Crippen LogP contribution in [0.2, 0.25) is 0 Å². The maximum atomic E-state index is 12.6. The molecule has 2 N–H and O–H groups in total. The number of nitrogens with one attached hydrogen (secondary N) is 2. The molecule has 9 heteroatoms. The lowest BCUT2D eigenvalue weighted by Crippen LogP contribution is -2.15. The zero-order valence-corrected chi connectivity index (χ0v) is 16.1. The summed E-state index contributed by atoms with van der Waals surface area (Å²) in [7, 11) is -3.41. The SMILES string of the molecule is CS(=O)(=O)c1cccc(NC(=O)c2ccccc2OC(=O)/C=C/c2cnc[nH]2)c1. The summed E-state index contributed by atoms with van der Waals surface area (Å²) in [5, 5.41) is 2.61. The first kappa shape index (κ1) is 20.0. The Balaban J connectivity index is 1.76. The molecule has 8 nitrogen and oxygen atoms in total. The molecule has 1 heterocycles. The smallest absolute Gasteiger partial charge is 0.336 e. The van der Waals surface area contributed by atoms with Crippen LogP contribution in [0.5, 0.6) is 5.75 Å². The number of esters is 1. The van der Waals surface area contributed by atoms with Crippen molar-refractivity contribution in [3.63, 3.8) is 0 Å². The van der Waals surface area contributed by atoms with Gasteiger partial charge < -0.3 is 15.0 Å². The van der Waals surface area contributed by atoms with Crippen molar-refractivity contribution in [1.82, 2.24) is 9.97 Å². The van der Waals surface area contributed by atoms with E-state index in [4.69, 9.17) is 4.74 Å². The van der Waals surface area contributed by atoms with Gasteiger partial charge in [0.15, 0.2) is 9.84 Å². The number of amides is 1. The molecule has 0 atom stereocenters. The second kappa shape index (κ2) is 8.53. The third kappa shape index (κ3) is 5.39. The van der Waals surface area contributed by atoms with Crippen LogP contribution in [0.15, 0.2) is 72.0 Å². The monoisotopic (exact) mass is 411 g/mol. The second-order valence-corrected chi connectivity index (χ2v) is 8.03. The number of H-pyrrole nitrogens is 1. The number of carbonyl (C=O) groups is 2. The van der Waals surface area contributed by atoms with E-state index in [-0.39, 0.29) is 16.2 Å². The molecule has 1 amide bonds. The number of rotatable bonds is 6. The van der Waals surface area contributed by atoms with Crippen LogP contribution >= 0.6 is 0 Å². The molecule has 2 aromatic carbocycles. The molecule has 3 rings (SSSR count). The topological polar surface area (TPSA) is 118 Å². The summed E-state index contributed by atoms with van der Waals surface area (Å²) in [6, 6.07) is 12.1. The van der Waals surface area contributed by atoms with E-state index in [1.165, 1.54) is 55.0 Å². The number of aromatic amines is 1. The predicted molar refractivity (Wildman–Crippen MR) is 107 cm³/mol. The Morgan fingerprint density at radius 3 is 2.66 bits per heavy atom. The van der Waals surface area contributed by atoms with E-state index in [2.05, 4.69) is 15.3 Å². The molecule has 0 fully saturated rings. The molecule has 3 aromatic rings. The van der Waals surface area contributed by atoms with E-state index < -0.39 is 21.7 Å². The van der Waals surface area contributed by atoms with Gasteiger partial charge in [0.05, 0.1) is 28.7 Å². The summed E-state index contributed by atoms with van der Waals surface area (Å²) in [6.07, 6.45) is 6.80. The average molecular weight is 411 g/mol. The Labute approximate surface area is 167 Å². The highest BCUT2D eigenvalue weighted by atomic mass is 32.2. The van der Waals surface area contributed by atoms with Gasteiger partial charge in [-0.15, -0.1) is 0 Å². The fraction of sp³-hybridized carbons (Fsp3) is 0.0500. The fourth-order valence-electron chi connectivity index (χ4n) is 2.40. The molecule has 0 saturated heterocycles. The molecule has 0 radical (unpaired) electrons. The minimum atomic E-state index is -3.41. The number of ether oxygens (including phenoxy) is 1. The number of carbonyl (C=O) groups excluding carboxylic acids is 2. The molecule has 29 heavy (non-hydrogen) atoms. The van der Waals surface area contributed by atoms with E-state index in [1.54, 1.807) is 18.2 Å². The van der Waals surface area contributed by atoms with Gasteiger partial charge in [-0.25, -0.2) is 18.2 Å². The number of hydrogen-bond acceptors (Lipinski definition) is 6. The van der Waals surface area contributed by atoms with Gasteiger partial charge in [0, 0.05) is 18.0 Å². The summed E-state index contributed by atoms with van der Waals surface area (Å²) >= 11 is 0. The lowest BCUT2D eigenvalue weighted by atomic mass is 10.2. The highest BCUT2D eigenvalue weighted by Gasteiger charge is 2.15. The minimum absolute atomic E-state index is 0.0727. The van der Waals surface area contributed by atoms with Gasteiger partial charge in [-0.3, -0.25) is 4.79 Å². The third-order valence-electron chi connectivity index (χ3n) is 3.78. The Hall–Kier alpha value is -3.72. The zero-order valence-electron chi connectivity index (χ0n) is 15.3. The van der Waals surface area contributed by atoms with Gasteiger partial charge in [-0.2, -0.15) is 0 Å². The molecule has 0 aliphatic heterocycles. The van der Waals surface area contributed by atoms with E-state index >= 15 is 0 Å². The first-order chi connectivity index (χ1) is 13.8. The van der Waals surface area contributed by atoms with Gasteiger partial charge in [-0.05, 0) is 36.4 Å². The number of benzene rings is 2. The van der Waals surface area contributed by atoms with E-state index in [9.17, 15) is 18.0 Å². The van der Waals surface area contributed by atoms with Crippen molar-refractivity contribution in [2.45, 2.75) is 4.90 Å². The van der Waals surface area contributed by atoms with Crippen LogP contribution in [0.1, 0.15) is 16.1 Å². The number of aromatic nitrogens is 2. The van der Waals surface area contributed by atoms with Gasteiger partial charge in [0.2, 0.25) is 0 Å². The largest absolute Gasteiger partial charge is 0.423 e. The molecule has 0 unspecified atom stereocenters. The van der Waals surface area contributed by atoms with Crippen LogP contribution in [-0.2, 0) is 14.6 Å². The van der Waals surface area contributed by atoms with E-state index in [0.717, 1.165) is 6.26 Å². The van der Waals surface area contributed by atoms with Crippen molar-refractivity contribution in [1.29, 1.82) is 0 Å². The van der Waals surface area contributed by atoms with Crippen molar-refractivity contribution in [3.8, 4) is 5.75 Å². The maximum absolute atomic E-state index is 12.6. The number of imidazole rings is 1. The maximum Gasteiger partial charge on any atom is 0.336 e. The molecular weight excluding hydrogens is 394 g/mol. The standard InChI is InChI=1S/C20H17N3O5S/c1-29(26,27)16-6-4-5-14(11-16)23-20(25)17-7-2-3-8-18(17)28-19(24)10-9-15-12-21-13-22-15/h2-13H,1H3,(H,21,22)(H,23,25)/b10-9+. The second-order valence-electron chi connectivity index (χ2n) is 6.01. The Kier molecular flexibility index (Phi) is 5.89. The first-order valence-corrected chi connectivity index (χ1v) is 10.3. The summed E-state index contributed by atoms with van der Waals surface area (Å²) in [4.78, 5) is 31.4. The van der Waals surface area contributed by atoms with E-state index in [0.29, 0.717) is 11.4 Å². The van der Waals surface area contributed by atoms with Crippen molar-refractivity contribution in [2.75, 3.05) is 11.6 Å². The molecule has 0 aliphatic carbocycles. The quantitative estimate of drug-likeness (QED) is 0.366. The average Bonchev–Trinajstić information content (AvgIpc) is 3.20. The zero-order chi connectivity index (χ0) is 20.9. The summed E-state index contributed by atoms with van der Waals surface area (Å²) in [5.74, 6) is -1.14. The highest BCUT2D eigenvalue weighted by Crippen LogP contribution is 2.21. The van der Waals surface area contributed by atoms with Crippen LogP contribution in [0, 0.1) is 0 Å². The van der Waals surface area contributed by atoms with Crippen molar-refractivity contribution >= 4 is 33.5 Å². The highest BCUT2D eigenvalue weighted by molar-refractivity contribution is 7.90. The molecule has 0 bridgehead atoms. The number of para-hydroxylation sites is 1. The van der Waals surface area contributed by atoms with Crippen LogP contribution in [0.25, 0.3) is 6.08 Å². The van der Waals surface area contributed by atoms with Crippen LogP contribution in [0.3, 0.4) is 0 Å². The van der Waals surface area contributed by atoms with Crippen molar-refractivity contribution in [3.05, 3.63) is 78.4 Å². The van der Waals surface area contributed by atoms with Gasteiger partial charge in [0.1, 0.15) is 5.75 Å². The molecule has 1 aromatic heterocycles. The first-order valence-electron chi connectivity index (χ1n) is 8.42. The van der Waals surface area contributed by atoms with E-state index in [1.807, 2.05) is 0 Å². The minimum Gasteiger partial charge on any atom is -0.423 e. The van der Waals surface area contributed by atoms with Crippen molar-refractivity contribution < 1.29 is 22.7 Å². The fourth-order valence-corrected chi connectivity index (χ4v) is 3.07. The predicted octanol–water partition coefficient (Wildman–Crippen LogP) is 2.68. The van der Waals surface area contributed by atoms with Crippen LogP contribution < -0.4 is 10.1 Å². The van der Waals surface area contributed by atoms with Crippen LogP contribution in [-0.4, -0.2) is 36.5 Å². The summed E-state index contributed by atoms with van der Waals surface area (Å²) in [6.45, 7) is 0. The molecule has 0 saturated carbocycles. The van der Waals surface area contributed by atoms with Crippen molar-refractivity contribution in [2.24, 2.45) is 0 Å². The van der Waals surface area contributed by atoms with Gasteiger partial charge >= 0.3 is 5.97 Å².